The molecule has 0 saturated heterocycles. The van der Waals surface area contributed by atoms with E-state index < -0.39 is 0 Å². The van der Waals surface area contributed by atoms with Crippen molar-refractivity contribution in [2.24, 2.45) is 0 Å². The largest absolute Gasteiger partial charge is 0.370 e. The van der Waals surface area contributed by atoms with Crippen LogP contribution in [0.1, 0.15) is 24.5 Å². The zero-order valence-corrected chi connectivity index (χ0v) is 11.4. The van der Waals surface area contributed by atoms with Gasteiger partial charge < -0.3 is 5.32 Å². The average Bonchev–Trinajstić information content (AvgIpc) is 2.36. The SMILES string of the molecule is CCCNc1nc2c(C)cc([N+](=O)[O-])cc2cc1C. The molecule has 1 heterocycles. The Kier molecular flexibility index (Phi) is 3.64. The van der Waals surface area contributed by atoms with Crippen molar-refractivity contribution in [1.82, 2.24) is 4.98 Å². The van der Waals surface area contributed by atoms with E-state index in [-0.39, 0.29) is 10.6 Å². The van der Waals surface area contributed by atoms with Crippen LogP contribution < -0.4 is 5.32 Å². The average molecular weight is 259 g/mol. The first kappa shape index (κ1) is 13.3. The molecule has 0 aliphatic rings. The molecule has 100 valence electrons. The van der Waals surface area contributed by atoms with Crippen molar-refractivity contribution in [3.05, 3.63) is 39.4 Å². The highest BCUT2D eigenvalue weighted by Gasteiger charge is 2.12. The smallest absolute Gasteiger partial charge is 0.270 e. The molecular formula is C14H17N3O2. The summed E-state index contributed by atoms with van der Waals surface area (Å²) in [5.74, 6) is 0.853. The van der Waals surface area contributed by atoms with E-state index in [0.717, 1.165) is 40.8 Å². The van der Waals surface area contributed by atoms with Crippen LogP contribution in [0.5, 0.6) is 0 Å². The summed E-state index contributed by atoms with van der Waals surface area (Å²) in [6.07, 6.45) is 1.03. The predicted molar refractivity (Wildman–Crippen MR) is 76.7 cm³/mol. The number of hydrogen-bond donors (Lipinski definition) is 1. The number of nitro groups is 1. The topological polar surface area (TPSA) is 68.1 Å². The standard InChI is InChI=1S/C14H17N3O2/c1-4-5-15-14-10(3)6-11-8-12(17(18)19)7-9(2)13(11)16-14/h6-8H,4-5H2,1-3H3,(H,15,16). The van der Waals surface area contributed by atoms with Gasteiger partial charge in [-0.2, -0.15) is 0 Å². The molecule has 5 nitrogen and oxygen atoms in total. The van der Waals surface area contributed by atoms with Gasteiger partial charge in [0.2, 0.25) is 0 Å². The van der Waals surface area contributed by atoms with Crippen LogP contribution in [0.15, 0.2) is 18.2 Å². The van der Waals surface area contributed by atoms with E-state index in [1.54, 1.807) is 12.1 Å². The molecule has 0 aliphatic heterocycles. The minimum Gasteiger partial charge on any atom is -0.370 e. The van der Waals surface area contributed by atoms with Crippen LogP contribution >= 0.6 is 0 Å². The van der Waals surface area contributed by atoms with E-state index in [2.05, 4.69) is 17.2 Å². The summed E-state index contributed by atoms with van der Waals surface area (Å²) >= 11 is 0. The molecule has 2 rings (SSSR count). The zero-order valence-electron chi connectivity index (χ0n) is 11.4. The Morgan fingerprint density at radius 1 is 1.26 bits per heavy atom. The fraction of sp³-hybridized carbons (Fsp3) is 0.357. The molecule has 0 aliphatic carbocycles. The monoisotopic (exact) mass is 259 g/mol. The fourth-order valence-electron chi connectivity index (χ4n) is 2.08. The van der Waals surface area contributed by atoms with Gasteiger partial charge in [0.05, 0.1) is 10.4 Å². The van der Waals surface area contributed by atoms with Gasteiger partial charge in [-0.15, -0.1) is 0 Å². The van der Waals surface area contributed by atoms with Gasteiger partial charge in [0, 0.05) is 24.1 Å². The molecule has 0 bridgehead atoms. The number of aromatic nitrogens is 1. The number of hydrogen-bond acceptors (Lipinski definition) is 4. The molecule has 2 aromatic rings. The minimum absolute atomic E-state index is 0.112. The van der Waals surface area contributed by atoms with Gasteiger partial charge in [-0.1, -0.05) is 6.92 Å². The number of nitrogens with zero attached hydrogens (tertiary/aromatic N) is 2. The number of aryl methyl sites for hydroxylation is 2. The maximum atomic E-state index is 10.9. The molecule has 19 heavy (non-hydrogen) atoms. The molecule has 0 radical (unpaired) electrons. The number of nitro benzene ring substituents is 1. The van der Waals surface area contributed by atoms with E-state index in [9.17, 15) is 10.1 Å². The molecular weight excluding hydrogens is 242 g/mol. The third-order valence-corrected chi connectivity index (χ3v) is 3.04. The lowest BCUT2D eigenvalue weighted by Crippen LogP contribution is -2.04. The van der Waals surface area contributed by atoms with Crippen molar-refractivity contribution in [2.75, 3.05) is 11.9 Å². The summed E-state index contributed by atoms with van der Waals surface area (Å²) in [5, 5.41) is 14.9. The highest BCUT2D eigenvalue weighted by atomic mass is 16.6. The molecule has 0 amide bonds. The van der Waals surface area contributed by atoms with Crippen LogP contribution in [0.4, 0.5) is 11.5 Å². The van der Waals surface area contributed by atoms with Crippen molar-refractivity contribution in [3.8, 4) is 0 Å². The lowest BCUT2D eigenvalue weighted by Gasteiger charge is -2.10. The van der Waals surface area contributed by atoms with Gasteiger partial charge in [-0.3, -0.25) is 10.1 Å². The molecule has 0 saturated carbocycles. The Bertz CT molecular complexity index is 638. The van der Waals surface area contributed by atoms with Crippen LogP contribution in [-0.2, 0) is 0 Å². The van der Waals surface area contributed by atoms with E-state index in [0.29, 0.717) is 0 Å². The summed E-state index contributed by atoms with van der Waals surface area (Å²) < 4.78 is 0. The lowest BCUT2D eigenvalue weighted by atomic mass is 10.1. The van der Waals surface area contributed by atoms with E-state index in [1.165, 1.54) is 0 Å². The number of anilines is 1. The highest BCUT2D eigenvalue weighted by molar-refractivity contribution is 5.86. The number of fused-ring (bicyclic) bond motifs is 1. The third kappa shape index (κ3) is 2.65. The Balaban J connectivity index is 2.57. The molecule has 1 N–H and O–H groups in total. The quantitative estimate of drug-likeness (QED) is 0.673. The second-order valence-electron chi connectivity index (χ2n) is 4.67. The van der Waals surface area contributed by atoms with Crippen LogP contribution in [-0.4, -0.2) is 16.5 Å². The van der Waals surface area contributed by atoms with Gasteiger partial charge in [0.25, 0.3) is 5.69 Å². The number of benzene rings is 1. The second-order valence-corrected chi connectivity index (χ2v) is 4.67. The fourth-order valence-corrected chi connectivity index (χ4v) is 2.08. The molecule has 5 heteroatoms. The number of rotatable bonds is 4. The Labute approximate surface area is 111 Å². The van der Waals surface area contributed by atoms with E-state index >= 15 is 0 Å². The van der Waals surface area contributed by atoms with Crippen LogP contribution in [0.2, 0.25) is 0 Å². The Hall–Kier alpha value is -2.17. The maximum Gasteiger partial charge on any atom is 0.270 e. The van der Waals surface area contributed by atoms with Crippen LogP contribution in [0, 0.1) is 24.0 Å². The number of pyridine rings is 1. The lowest BCUT2D eigenvalue weighted by molar-refractivity contribution is -0.384. The van der Waals surface area contributed by atoms with Gasteiger partial charge in [0.15, 0.2) is 0 Å². The summed E-state index contributed by atoms with van der Waals surface area (Å²) in [4.78, 5) is 15.1. The van der Waals surface area contributed by atoms with Crippen molar-refractivity contribution < 1.29 is 4.92 Å². The summed E-state index contributed by atoms with van der Waals surface area (Å²) in [6.45, 7) is 6.77. The van der Waals surface area contributed by atoms with Crippen LogP contribution in [0.3, 0.4) is 0 Å². The van der Waals surface area contributed by atoms with Gasteiger partial charge >= 0.3 is 0 Å². The first-order chi connectivity index (χ1) is 9.02. The van der Waals surface area contributed by atoms with E-state index in [1.807, 2.05) is 19.9 Å². The maximum absolute atomic E-state index is 10.9. The van der Waals surface area contributed by atoms with Crippen molar-refractivity contribution >= 4 is 22.4 Å². The molecule has 0 fully saturated rings. The number of nitrogens with one attached hydrogen (secondary N) is 1. The summed E-state index contributed by atoms with van der Waals surface area (Å²) in [6, 6.07) is 5.08. The molecule has 0 atom stereocenters. The van der Waals surface area contributed by atoms with Crippen molar-refractivity contribution in [3.63, 3.8) is 0 Å². The molecule has 1 aromatic heterocycles. The molecule has 1 aromatic carbocycles. The summed E-state index contributed by atoms with van der Waals surface area (Å²) in [7, 11) is 0. The molecule has 0 spiro atoms. The van der Waals surface area contributed by atoms with Crippen molar-refractivity contribution in [1.29, 1.82) is 0 Å². The van der Waals surface area contributed by atoms with Crippen molar-refractivity contribution in [2.45, 2.75) is 27.2 Å². The molecule has 0 unspecified atom stereocenters. The third-order valence-electron chi connectivity index (χ3n) is 3.04. The highest BCUT2D eigenvalue weighted by Crippen LogP contribution is 2.27. The zero-order chi connectivity index (χ0) is 14.0. The second kappa shape index (κ2) is 5.22. The number of non-ortho nitro benzene ring substituents is 1. The van der Waals surface area contributed by atoms with Gasteiger partial charge in [0.1, 0.15) is 5.82 Å². The minimum atomic E-state index is -0.370. The van der Waals surface area contributed by atoms with E-state index in [4.69, 9.17) is 0 Å². The van der Waals surface area contributed by atoms with Gasteiger partial charge in [-0.25, -0.2) is 4.98 Å². The Morgan fingerprint density at radius 2 is 2.00 bits per heavy atom. The van der Waals surface area contributed by atoms with Gasteiger partial charge in [-0.05, 0) is 37.5 Å². The van der Waals surface area contributed by atoms with Crippen LogP contribution in [0.25, 0.3) is 10.9 Å². The Morgan fingerprint density at radius 3 is 2.63 bits per heavy atom. The first-order valence-electron chi connectivity index (χ1n) is 6.33. The predicted octanol–water partition coefficient (Wildman–Crippen LogP) is 3.58. The first-order valence-corrected chi connectivity index (χ1v) is 6.33. The summed E-state index contributed by atoms with van der Waals surface area (Å²) in [5.41, 5.74) is 2.75. The normalized spacial score (nSPS) is 10.7.